The molecule has 0 aromatic rings. The molecule has 1 heterocycles. The van der Waals surface area contributed by atoms with Gasteiger partial charge in [0.05, 0.1) is 0 Å². The molecule has 3 unspecified atom stereocenters. The summed E-state index contributed by atoms with van der Waals surface area (Å²) in [6.07, 6.45) is 6.58. The van der Waals surface area contributed by atoms with E-state index in [0.717, 1.165) is 51.6 Å². The second-order valence-electron chi connectivity index (χ2n) is 6.91. The van der Waals surface area contributed by atoms with Crippen LogP contribution >= 0.6 is 0 Å². The van der Waals surface area contributed by atoms with Crippen LogP contribution in [-0.4, -0.2) is 35.8 Å². The Bertz CT molecular complexity index is 378. The predicted octanol–water partition coefficient (Wildman–Crippen LogP) is 1.25. The highest BCUT2D eigenvalue weighted by Gasteiger charge is 2.32. The molecule has 0 aromatic carbocycles. The second-order valence-corrected chi connectivity index (χ2v) is 6.91. The van der Waals surface area contributed by atoms with E-state index in [1.807, 2.05) is 4.90 Å². The molecule has 0 aromatic heterocycles. The van der Waals surface area contributed by atoms with Crippen molar-refractivity contribution in [2.45, 2.75) is 57.9 Å². The molecule has 120 valence electrons. The summed E-state index contributed by atoms with van der Waals surface area (Å²) in [6, 6.07) is 0.264. The molecule has 4 N–H and O–H groups in total. The first kappa shape index (κ1) is 16.3. The van der Waals surface area contributed by atoms with Crippen LogP contribution in [0, 0.1) is 17.8 Å². The van der Waals surface area contributed by atoms with Gasteiger partial charge in [-0.05, 0) is 43.9 Å². The van der Waals surface area contributed by atoms with E-state index in [4.69, 9.17) is 11.5 Å². The van der Waals surface area contributed by atoms with Crippen LogP contribution in [0.25, 0.3) is 0 Å². The van der Waals surface area contributed by atoms with Crippen LogP contribution in [0.15, 0.2) is 0 Å². The third kappa shape index (κ3) is 4.43. The van der Waals surface area contributed by atoms with E-state index >= 15 is 0 Å². The zero-order valence-corrected chi connectivity index (χ0v) is 13.1. The first-order valence-corrected chi connectivity index (χ1v) is 8.30. The number of nitrogens with zero attached hydrogens (tertiary/aromatic N) is 1. The summed E-state index contributed by atoms with van der Waals surface area (Å²) >= 11 is 0. The fraction of sp³-hybridized carbons (Fsp3) is 0.875. The van der Waals surface area contributed by atoms with Crippen molar-refractivity contribution in [1.29, 1.82) is 0 Å². The van der Waals surface area contributed by atoms with Crippen molar-refractivity contribution < 1.29 is 9.59 Å². The fourth-order valence-corrected chi connectivity index (χ4v) is 3.85. The molecule has 5 heteroatoms. The Morgan fingerprint density at radius 3 is 2.43 bits per heavy atom. The molecule has 1 aliphatic carbocycles. The van der Waals surface area contributed by atoms with Crippen molar-refractivity contribution in [3.05, 3.63) is 0 Å². The van der Waals surface area contributed by atoms with Gasteiger partial charge in [-0.1, -0.05) is 13.3 Å². The minimum atomic E-state index is -0.232. The van der Waals surface area contributed by atoms with Crippen LogP contribution < -0.4 is 11.5 Å². The molecule has 0 spiro atoms. The minimum Gasteiger partial charge on any atom is -0.370 e. The Morgan fingerprint density at radius 2 is 1.86 bits per heavy atom. The van der Waals surface area contributed by atoms with Crippen LogP contribution in [0.3, 0.4) is 0 Å². The summed E-state index contributed by atoms with van der Waals surface area (Å²) in [5.74, 6) is 0.898. The lowest BCUT2D eigenvalue weighted by molar-refractivity contribution is -0.138. The quantitative estimate of drug-likeness (QED) is 0.818. The number of likely N-dealkylation sites (tertiary alicyclic amines) is 1. The molecular weight excluding hydrogens is 266 g/mol. The minimum absolute atomic E-state index is 0.0732. The smallest absolute Gasteiger partial charge is 0.225 e. The summed E-state index contributed by atoms with van der Waals surface area (Å²) in [5.41, 5.74) is 11.3. The van der Waals surface area contributed by atoms with E-state index in [0.29, 0.717) is 18.3 Å². The number of piperidine rings is 1. The first-order valence-electron chi connectivity index (χ1n) is 8.30. The number of rotatable bonds is 4. The largest absolute Gasteiger partial charge is 0.370 e. The standard InChI is InChI=1S/C16H29N3O2/c1-11(13-3-2-4-14(17)10-13)16(21)19-7-5-12(6-8-19)9-15(18)20/h11-14H,2-10,17H2,1H3,(H2,18,20). The molecule has 1 saturated heterocycles. The fourth-order valence-electron chi connectivity index (χ4n) is 3.85. The molecule has 1 aliphatic heterocycles. The molecule has 2 amide bonds. The van der Waals surface area contributed by atoms with Gasteiger partial charge in [0, 0.05) is 31.5 Å². The average Bonchev–Trinajstić information content (AvgIpc) is 2.46. The van der Waals surface area contributed by atoms with Crippen LogP contribution in [0.1, 0.15) is 51.9 Å². The van der Waals surface area contributed by atoms with Gasteiger partial charge in [-0.2, -0.15) is 0 Å². The van der Waals surface area contributed by atoms with Crippen LogP contribution in [0.4, 0.5) is 0 Å². The number of carbonyl (C=O) groups excluding carboxylic acids is 2. The Kier molecular flexibility index (Phi) is 5.62. The van der Waals surface area contributed by atoms with Crippen molar-refractivity contribution in [3.8, 4) is 0 Å². The van der Waals surface area contributed by atoms with Crippen molar-refractivity contribution in [2.24, 2.45) is 29.2 Å². The predicted molar refractivity (Wildman–Crippen MR) is 82.2 cm³/mol. The zero-order valence-electron chi connectivity index (χ0n) is 13.1. The molecule has 0 bridgehead atoms. The van der Waals surface area contributed by atoms with Crippen LogP contribution in [0.2, 0.25) is 0 Å². The number of primary amides is 1. The highest BCUT2D eigenvalue weighted by Crippen LogP contribution is 2.31. The van der Waals surface area contributed by atoms with Gasteiger partial charge in [0.2, 0.25) is 11.8 Å². The maximum Gasteiger partial charge on any atom is 0.225 e. The Morgan fingerprint density at radius 1 is 1.19 bits per heavy atom. The van der Waals surface area contributed by atoms with E-state index in [-0.39, 0.29) is 23.8 Å². The number of hydrogen-bond acceptors (Lipinski definition) is 3. The van der Waals surface area contributed by atoms with Gasteiger partial charge in [0.15, 0.2) is 0 Å². The monoisotopic (exact) mass is 295 g/mol. The van der Waals surface area contributed by atoms with Crippen molar-refractivity contribution in [3.63, 3.8) is 0 Å². The molecule has 2 fully saturated rings. The molecular formula is C16H29N3O2. The second kappa shape index (κ2) is 7.25. The molecule has 2 aliphatic rings. The van der Waals surface area contributed by atoms with Gasteiger partial charge in [-0.25, -0.2) is 0 Å². The molecule has 1 saturated carbocycles. The number of nitrogens with two attached hydrogens (primary N) is 2. The lowest BCUT2D eigenvalue weighted by atomic mass is 9.78. The van der Waals surface area contributed by atoms with Crippen molar-refractivity contribution in [1.82, 2.24) is 4.90 Å². The van der Waals surface area contributed by atoms with Gasteiger partial charge >= 0.3 is 0 Å². The maximum atomic E-state index is 12.6. The molecule has 2 rings (SSSR count). The van der Waals surface area contributed by atoms with Gasteiger partial charge in [-0.15, -0.1) is 0 Å². The number of carbonyl (C=O) groups is 2. The third-order valence-electron chi connectivity index (χ3n) is 5.27. The zero-order chi connectivity index (χ0) is 15.4. The van der Waals surface area contributed by atoms with Crippen LogP contribution in [0.5, 0.6) is 0 Å². The van der Waals surface area contributed by atoms with Gasteiger partial charge in [-0.3, -0.25) is 9.59 Å². The number of amides is 2. The van der Waals surface area contributed by atoms with E-state index < -0.39 is 0 Å². The van der Waals surface area contributed by atoms with Gasteiger partial charge in [0.25, 0.3) is 0 Å². The molecule has 3 atom stereocenters. The van der Waals surface area contributed by atoms with Gasteiger partial charge < -0.3 is 16.4 Å². The Labute approximate surface area is 127 Å². The lowest BCUT2D eigenvalue weighted by Crippen LogP contribution is -2.44. The Balaban J connectivity index is 1.82. The third-order valence-corrected chi connectivity index (χ3v) is 5.27. The highest BCUT2D eigenvalue weighted by atomic mass is 16.2. The van der Waals surface area contributed by atoms with E-state index in [1.165, 1.54) is 0 Å². The first-order chi connectivity index (χ1) is 9.97. The number of hydrogen-bond donors (Lipinski definition) is 2. The average molecular weight is 295 g/mol. The van der Waals surface area contributed by atoms with Crippen LogP contribution in [-0.2, 0) is 9.59 Å². The molecule has 5 nitrogen and oxygen atoms in total. The summed E-state index contributed by atoms with van der Waals surface area (Å²) in [6.45, 7) is 3.58. The SMILES string of the molecule is CC(C(=O)N1CCC(CC(N)=O)CC1)C1CCCC(N)C1. The summed E-state index contributed by atoms with van der Waals surface area (Å²) in [4.78, 5) is 25.6. The topological polar surface area (TPSA) is 89.4 Å². The Hall–Kier alpha value is -1.10. The van der Waals surface area contributed by atoms with Crippen molar-refractivity contribution >= 4 is 11.8 Å². The highest BCUT2D eigenvalue weighted by molar-refractivity contribution is 5.79. The van der Waals surface area contributed by atoms with E-state index in [2.05, 4.69) is 6.92 Å². The van der Waals surface area contributed by atoms with E-state index in [1.54, 1.807) is 0 Å². The lowest BCUT2D eigenvalue weighted by Gasteiger charge is -2.37. The van der Waals surface area contributed by atoms with Crippen molar-refractivity contribution in [2.75, 3.05) is 13.1 Å². The maximum absolute atomic E-state index is 12.6. The summed E-state index contributed by atoms with van der Waals surface area (Å²) < 4.78 is 0. The van der Waals surface area contributed by atoms with Gasteiger partial charge in [0.1, 0.15) is 0 Å². The van der Waals surface area contributed by atoms with E-state index in [9.17, 15) is 9.59 Å². The molecule has 0 radical (unpaired) electrons. The summed E-state index contributed by atoms with van der Waals surface area (Å²) in [5, 5.41) is 0. The summed E-state index contributed by atoms with van der Waals surface area (Å²) in [7, 11) is 0. The molecule has 21 heavy (non-hydrogen) atoms. The normalized spacial score (nSPS) is 29.1.